The van der Waals surface area contributed by atoms with Crippen LogP contribution in [0, 0.1) is 13.8 Å². The molecule has 0 atom stereocenters. The molecule has 1 aliphatic carbocycles. The molecule has 6 heteroatoms. The van der Waals surface area contributed by atoms with Crippen molar-refractivity contribution in [1.29, 1.82) is 0 Å². The van der Waals surface area contributed by atoms with Crippen molar-refractivity contribution < 1.29 is 19.0 Å². The first-order valence-electron chi connectivity index (χ1n) is 8.75. The van der Waals surface area contributed by atoms with E-state index in [4.69, 9.17) is 14.2 Å². The smallest absolute Gasteiger partial charge is 0.251 e. The Labute approximate surface area is 154 Å². The molecule has 1 aliphatic rings. The van der Waals surface area contributed by atoms with Gasteiger partial charge in [-0.1, -0.05) is 0 Å². The molecule has 0 radical (unpaired) electrons. The van der Waals surface area contributed by atoms with E-state index in [1.54, 1.807) is 12.1 Å². The van der Waals surface area contributed by atoms with Crippen LogP contribution in [-0.2, 0) is 6.54 Å². The van der Waals surface area contributed by atoms with Gasteiger partial charge < -0.3 is 24.1 Å². The number of carbonyl (C=O) groups excluding carboxylic acids is 1. The van der Waals surface area contributed by atoms with Gasteiger partial charge >= 0.3 is 0 Å². The van der Waals surface area contributed by atoms with Gasteiger partial charge in [-0.3, -0.25) is 4.79 Å². The van der Waals surface area contributed by atoms with Crippen LogP contribution in [-0.4, -0.2) is 31.8 Å². The highest BCUT2D eigenvalue weighted by atomic mass is 16.5. The van der Waals surface area contributed by atoms with E-state index in [2.05, 4.69) is 29.8 Å². The van der Waals surface area contributed by atoms with Crippen molar-refractivity contribution in [3.8, 4) is 17.2 Å². The highest BCUT2D eigenvalue weighted by Gasteiger charge is 2.27. The molecular weight excluding hydrogens is 332 g/mol. The molecular formula is C20H26N2O4. The number of amides is 1. The third-order valence-electron chi connectivity index (χ3n) is 4.87. The lowest BCUT2D eigenvalue weighted by atomic mass is 10.1. The lowest BCUT2D eigenvalue weighted by Crippen LogP contribution is -2.23. The molecule has 0 saturated heterocycles. The van der Waals surface area contributed by atoms with Crippen LogP contribution in [0.25, 0.3) is 0 Å². The van der Waals surface area contributed by atoms with E-state index in [1.807, 2.05) is 0 Å². The molecule has 3 rings (SSSR count). The number of benzene rings is 1. The minimum Gasteiger partial charge on any atom is -0.493 e. The van der Waals surface area contributed by atoms with E-state index in [0.717, 1.165) is 5.56 Å². The molecule has 1 fully saturated rings. The normalized spacial score (nSPS) is 13.4. The van der Waals surface area contributed by atoms with Crippen molar-refractivity contribution in [1.82, 2.24) is 9.88 Å². The molecule has 1 amide bonds. The summed E-state index contributed by atoms with van der Waals surface area (Å²) in [6.45, 7) is 4.73. The summed E-state index contributed by atoms with van der Waals surface area (Å²) in [5.41, 5.74) is 4.10. The fourth-order valence-electron chi connectivity index (χ4n) is 3.41. The van der Waals surface area contributed by atoms with Crippen molar-refractivity contribution in [2.24, 2.45) is 0 Å². The molecule has 1 aromatic carbocycles. The van der Waals surface area contributed by atoms with E-state index in [1.165, 1.54) is 45.6 Å². The van der Waals surface area contributed by atoms with E-state index < -0.39 is 0 Å². The zero-order valence-electron chi connectivity index (χ0n) is 16.0. The minimum absolute atomic E-state index is 0.180. The molecule has 140 valence electrons. The number of methoxy groups -OCH3 is 3. The Morgan fingerprint density at radius 2 is 1.69 bits per heavy atom. The monoisotopic (exact) mass is 358 g/mol. The summed E-state index contributed by atoms with van der Waals surface area (Å²) in [6.07, 6.45) is 2.49. The number of hydrogen-bond donors (Lipinski definition) is 1. The largest absolute Gasteiger partial charge is 0.493 e. The molecule has 1 heterocycles. The Bertz CT molecular complexity index is 796. The second-order valence-electron chi connectivity index (χ2n) is 6.59. The van der Waals surface area contributed by atoms with Gasteiger partial charge in [-0.15, -0.1) is 0 Å². The maximum absolute atomic E-state index is 12.6. The number of nitrogens with one attached hydrogen (secondary N) is 1. The van der Waals surface area contributed by atoms with Crippen molar-refractivity contribution in [3.63, 3.8) is 0 Å². The number of nitrogens with zero attached hydrogens (tertiary/aromatic N) is 1. The number of carbonyl (C=O) groups is 1. The molecule has 1 aromatic heterocycles. The van der Waals surface area contributed by atoms with E-state index in [9.17, 15) is 4.79 Å². The average molecular weight is 358 g/mol. The molecule has 0 unspecified atom stereocenters. The number of rotatable bonds is 7. The highest BCUT2D eigenvalue weighted by molar-refractivity contribution is 5.95. The number of aryl methyl sites for hydroxylation is 1. The van der Waals surface area contributed by atoms with Crippen molar-refractivity contribution in [3.05, 3.63) is 40.7 Å². The fourth-order valence-corrected chi connectivity index (χ4v) is 3.41. The molecule has 6 nitrogen and oxygen atoms in total. The lowest BCUT2D eigenvalue weighted by molar-refractivity contribution is 0.0950. The Morgan fingerprint density at radius 1 is 1.08 bits per heavy atom. The molecule has 0 spiro atoms. The maximum Gasteiger partial charge on any atom is 0.251 e. The summed E-state index contributed by atoms with van der Waals surface area (Å²) in [4.78, 5) is 12.6. The Morgan fingerprint density at radius 3 is 2.19 bits per heavy atom. The summed E-state index contributed by atoms with van der Waals surface area (Å²) in [6, 6.07) is 6.10. The molecule has 0 bridgehead atoms. The third-order valence-corrected chi connectivity index (χ3v) is 4.87. The van der Waals surface area contributed by atoms with Crippen LogP contribution in [0.3, 0.4) is 0 Å². The topological polar surface area (TPSA) is 61.7 Å². The van der Waals surface area contributed by atoms with E-state index >= 15 is 0 Å². The van der Waals surface area contributed by atoms with Gasteiger partial charge in [0.25, 0.3) is 5.91 Å². The SMILES string of the molecule is COc1cc(C(=O)NCc2cc(C)n(C3CC3)c2C)cc(OC)c1OC. The first kappa shape index (κ1) is 18.2. The van der Waals surface area contributed by atoms with Crippen molar-refractivity contribution in [2.75, 3.05) is 21.3 Å². The maximum atomic E-state index is 12.6. The van der Waals surface area contributed by atoms with Crippen molar-refractivity contribution in [2.45, 2.75) is 39.3 Å². The van der Waals surface area contributed by atoms with Gasteiger partial charge in [0.2, 0.25) is 5.75 Å². The molecule has 0 aliphatic heterocycles. The van der Waals surface area contributed by atoms with Crippen LogP contribution in [0.2, 0.25) is 0 Å². The zero-order chi connectivity index (χ0) is 18.8. The van der Waals surface area contributed by atoms with Crippen LogP contribution in [0.1, 0.15) is 46.2 Å². The number of hydrogen-bond acceptors (Lipinski definition) is 4. The Kier molecular flexibility index (Phi) is 5.11. The fraction of sp³-hybridized carbons (Fsp3) is 0.450. The molecule has 26 heavy (non-hydrogen) atoms. The van der Waals surface area contributed by atoms with Crippen LogP contribution >= 0.6 is 0 Å². The predicted octanol–water partition coefficient (Wildman–Crippen LogP) is 3.40. The first-order chi connectivity index (χ1) is 12.5. The van der Waals surface area contributed by atoms with Crippen LogP contribution in [0.15, 0.2) is 18.2 Å². The third kappa shape index (κ3) is 3.36. The summed E-state index contributed by atoms with van der Waals surface area (Å²) >= 11 is 0. The van der Waals surface area contributed by atoms with Gasteiger partial charge in [-0.2, -0.15) is 0 Å². The van der Waals surface area contributed by atoms with E-state index in [0.29, 0.717) is 35.4 Å². The van der Waals surface area contributed by atoms with Gasteiger partial charge in [0.05, 0.1) is 21.3 Å². The van der Waals surface area contributed by atoms with Crippen LogP contribution in [0.5, 0.6) is 17.2 Å². The van der Waals surface area contributed by atoms with Gasteiger partial charge in [0.15, 0.2) is 11.5 Å². The second-order valence-corrected chi connectivity index (χ2v) is 6.59. The minimum atomic E-state index is -0.180. The Balaban J connectivity index is 1.77. The van der Waals surface area contributed by atoms with Gasteiger partial charge in [0.1, 0.15) is 0 Å². The Hall–Kier alpha value is -2.63. The summed E-state index contributed by atoms with van der Waals surface area (Å²) in [7, 11) is 4.60. The summed E-state index contributed by atoms with van der Waals surface area (Å²) in [5, 5.41) is 2.99. The number of aromatic nitrogens is 1. The number of ether oxygens (including phenoxy) is 3. The van der Waals surface area contributed by atoms with Crippen molar-refractivity contribution >= 4 is 5.91 Å². The van der Waals surface area contributed by atoms with Gasteiger partial charge in [-0.25, -0.2) is 0 Å². The van der Waals surface area contributed by atoms with Gasteiger partial charge in [0, 0.05) is 29.5 Å². The lowest BCUT2D eigenvalue weighted by Gasteiger charge is -2.14. The quantitative estimate of drug-likeness (QED) is 0.824. The molecule has 1 N–H and O–H groups in total. The summed E-state index contributed by atoms with van der Waals surface area (Å²) in [5.74, 6) is 1.22. The zero-order valence-corrected chi connectivity index (χ0v) is 16.0. The molecule has 2 aromatic rings. The van der Waals surface area contributed by atoms with Crippen LogP contribution < -0.4 is 19.5 Å². The first-order valence-corrected chi connectivity index (χ1v) is 8.75. The van der Waals surface area contributed by atoms with Gasteiger partial charge in [-0.05, 0) is 50.5 Å². The van der Waals surface area contributed by atoms with Crippen LogP contribution in [0.4, 0.5) is 0 Å². The predicted molar refractivity (Wildman–Crippen MR) is 99.4 cm³/mol. The summed E-state index contributed by atoms with van der Waals surface area (Å²) < 4.78 is 18.3. The average Bonchev–Trinajstić information content (AvgIpc) is 3.43. The highest BCUT2D eigenvalue weighted by Crippen LogP contribution is 2.39. The molecule has 1 saturated carbocycles. The van der Waals surface area contributed by atoms with E-state index in [-0.39, 0.29) is 5.91 Å². The second kappa shape index (κ2) is 7.32. The standard InChI is InChI=1S/C20H26N2O4/c1-12-8-15(13(2)22(12)16-6-7-16)11-21-20(23)14-9-17(24-3)19(26-5)18(10-14)25-4/h8-10,16H,6-7,11H2,1-5H3,(H,21,23).